The zero-order valence-electron chi connectivity index (χ0n) is 28.6. The summed E-state index contributed by atoms with van der Waals surface area (Å²) in [5.41, 5.74) is 11.6. The molecular formula is C39H33B5N2O3. The molecule has 49 heavy (non-hydrogen) atoms. The fourth-order valence-electron chi connectivity index (χ4n) is 8.02. The van der Waals surface area contributed by atoms with Crippen molar-refractivity contribution in [2.24, 2.45) is 0 Å². The van der Waals surface area contributed by atoms with Crippen LogP contribution in [0, 0.1) is 0 Å². The predicted octanol–water partition coefficient (Wildman–Crippen LogP) is 0.790. The van der Waals surface area contributed by atoms with E-state index in [0.29, 0.717) is 16.2 Å². The van der Waals surface area contributed by atoms with Gasteiger partial charge >= 0.3 is 0 Å². The maximum Gasteiger partial charge on any atom is 0.200 e. The van der Waals surface area contributed by atoms with Crippen molar-refractivity contribution < 1.29 is 15.3 Å². The average molecular weight is 632 g/mol. The van der Waals surface area contributed by atoms with E-state index in [1.54, 1.807) is 0 Å². The number of fused-ring (bicyclic) bond motifs is 4. The summed E-state index contributed by atoms with van der Waals surface area (Å²) in [7, 11) is 10.5. The van der Waals surface area contributed by atoms with Crippen molar-refractivity contribution in [1.82, 2.24) is 9.55 Å². The quantitative estimate of drug-likeness (QED) is 0.153. The Morgan fingerprint density at radius 1 is 0.551 bits per heavy atom. The number of aromatic hydroxyl groups is 3. The van der Waals surface area contributed by atoms with E-state index in [1.165, 1.54) is 10.9 Å². The van der Waals surface area contributed by atoms with Crippen LogP contribution >= 0.6 is 0 Å². The highest BCUT2D eigenvalue weighted by atomic mass is 16.3. The van der Waals surface area contributed by atoms with E-state index in [0.717, 1.165) is 83.7 Å². The molecule has 8 aromatic rings. The first-order valence-electron chi connectivity index (χ1n) is 16.8. The molecule has 0 radical (unpaired) electrons. The molecule has 0 saturated heterocycles. The smallest absolute Gasteiger partial charge is 0.200 e. The van der Waals surface area contributed by atoms with Crippen LogP contribution in [-0.2, 0) is 6.42 Å². The van der Waals surface area contributed by atoms with Crippen molar-refractivity contribution >= 4 is 110 Å². The van der Waals surface area contributed by atoms with Gasteiger partial charge in [0.1, 0.15) is 45.1 Å². The van der Waals surface area contributed by atoms with Gasteiger partial charge in [0, 0.05) is 22.9 Å². The maximum absolute atomic E-state index is 12.0. The first kappa shape index (κ1) is 30.8. The molecular weight excluding hydrogens is 599 g/mol. The molecule has 0 amide bonds. The Balaban J connectivity index is 1.69. The van der Waals surface area contributed by atoms with Gasteiger partial charge in [0.05, 0.1) is 16.7 Å². The summed E-state index contributed by atoms with van der Waals surface area (Å²) in [6.45, 7) is 2.12. The normalized spacial score (nSPS) is 11.7. The molecule has 0 bridgehead atoms. The van der Waals surface area contributed by atoms with Crippen LogP contribution in [0.4, 0.5) is 0 Å². The van der Waals surface area contributed by atoms with Crippen LogP contribution in [0.1, 0.15) is 12.7 Å². The Bertz CT molecular complexity index is 2620. The zero-order chi connectivity index (χ0) is 34.3. The van der Waals surface area contributed by atoms with Crippen LogP contribution in [-0.4, -0.2) is 64.1 Å². The molecule has 0 atom stereocenters. The Morgan fingerprint density at radius 3 is 1.86 bits per heavy atom. The van der Waals surface area contributed by atoms with E-state index in [4.69, 9.17) is 4.98 Å². The van der Waals surface area contributed by atoms with Crippen molar-refractivity contribution in [3.05, 3.63) is 96.8 Å². The summed E-state index contributed by atoms with van der Waals surface area (Å²) in [5, 5.41) is 40.2. The van der Waals surface area contributed by atoms with Crippen molar-refractivity contribution in [3.63, 3.8) is 0 Å². The number of aromatic nitrogens is 2. The standard InChI is InChI=1S/C39H33B5N2O3/c1-2-25-45-22-15-6-8-17-24(22)46(25)23-16-7-5-13-21(23)27-29-28(32(40)35(43)36(44)33(29)41)26(20-14-9-11-18-10-3-4-12-19(18)20)31-30(27)34(42)38(48)39(49)37(31)47/h3-17,47-49H,2,40-44H2,1H3. The minimum atomic E-state index is -0.517. The minimum absolute atomic E-state index is 0.326. The molecule has 5 nitrogen and oxygen atoms in total. The lowest BCUT2D eigenvalue weighted by Crippen LogP contribution is -2.48. The van der Waals surface area contributed by atoms with E-state index in [9.17, 15) is 15.3 Å². The molecule has 3 N–H and O–H groups in total. The molecule has 0 aliphatic heterocycles. The molecule has 0 aliphatic rings. The van der Waals surface area contributed by atoms with Gasteiger partial charge in [0.2, 0.25) is 0 Å². The summed E-state index contributed by atoms with van der Waals surface area (Å²) in [6, 6.07) is 31.0. The molecule has 0 aliphatic carbocycles. The van der Waals surface area contributed by atoms with Gasteiger partial charge in [-0.3, -0.25) is 4.57 Å². The second-order valence-electron chi connectivity index (χ2n) is 13.2. The maximum atomic E-state index is 12.0. The topological polar surface area (TPSA) is 78.5 Å². The van der Waals surface area contributed by atoms with Gasteiger partial charge in [-0.1, -0.05) is 90.6 Å². The lowest BCUT2D eigenvalue weighted by Gasteiger charge is -2.27. The molecule has 1 heterocycles. The highest BCUT2D eigenvalue weighted by Gasteiger charge is 2.29. The van der Waals surface area contributed by atoms with Gasteiger partial charge in [-0.25, -0.2) is 4.98 Å². The predicted molar refractivity (Wildman–Crippen MR) is 220 cm³/mol. The van der Waals surface area contributed by atoms with Crippen LogP contribution in [0.5, 0.6) is 17.2 Å². The number of phenols is 3. The molecule has 8 rings (SSSR count). The lowest BCUT2D eigenvalue weighted by atomic mass is 9.62. The van der Waals surface area contributed by atoms with Crippen LogP contribution in [0.25, 0.3) is 71.3 Å². The minimum Gasteiger partial charge on any atom is -0.505 e. The van der Waals surface area contributed by atoms with Crippen molar-refractivity contribution in [3.8, 4) is 45.2 Å². The van der Waals surface area contributed by atoms with E-state index < -0.39 is 5.75 Å². The first-order chi connectivity index (χ1) is 23.6. The van der Waals surface area contributed by atoms with E-state index in [-0.39, 0.29) is 11.5 Å². The molecule has 0 spiro atoms. The number of hydrogen-bond acceptors (Lipinski definition) is 4. The molecule has 7 aromatic carbocycles. The molecule has 0 fully saturated rings. The fraction of sp³-hybridized carbons (Fsp3) is 0.0513. The van der Waals surface area contributed by atoms with Gasteiger partial charge < -0.3 is 15.3 Å². The number of rotatable bonds is 4. The third kappa shape index (κ3) is 4.29. The van der Waals surface area contributed by atoms with Crippen LogP contribution in [0.2, 0.25) is 0 Å². The van der Waals surface area contributed by atoms with Crippen molar-refractivity contribution in [2.45, 2.75) is 13.3 Å². The average Bonchev–Trinajstić information content (AvgIpc) is 3.51. The molecule has 0 unspecified atom stereocenters. The second kappa shape index (κ2) is 11.3. The lowest BCUT2D eigenvalue weighted by molar-refractivity contribution is 0.373. The Labute approximate surface area is 289 Å². The van der Waals surface area contributed by atoms with Crippen LogP contribution in [0.3, 0.4) is 0 Å². The number of benzene rings is 7. The number of para-hydroxylation sites is 3. The molecule has 232 valence electrons. The van der Waals surface area contributed by atoms with Gasteiger partial charge in [0.15, 0.2) is 17.2 Å². The van der Waals surface area contributed by atoms with Crippen LogP contribution in [0.15, 0.2) is 91.0 Å². The van der Waals surface area contributed by atoms with E-state index in [1.807, 2.05) is 56.4 Å². The zero-order valence-corrected chi connectivity index (χ0v) is 28.6. The van der Waals surface area contributed by atoms with Gasteiger partial charge in [0.25, 0.3) is 0 Å². The van der Waals surface area contributed by atoms with Crippen LogP contribution < -0.4 is 27.3 Å². The van der Waals surface area contributed by atoms with E-state index >= 15 is 0 Å². The summed E-state index contributed by atoms with van der Waals surface area (Å²) < 4.78 is 2.24. The van der Waals surface area contributed by atoms with Gasteiger partial charge in [-0.15, -0.1) is 10.9 Å². The number of imidazole rings is 1. The summed E-state index contributed by atoms with van der Waals surface area (Å²) in [6.07, 6.45) is 0.732. The number of aryl methyl sites for hydroxylation is 1. The highest BCUT2D eigenvalue weighted by molar-refractivity contribution is 6.68. The Morgan fingerprint density at radius 2 is 1.12 bits per heavy atom. The Hall–Kier alpha value is -5.49. The molecule has 1 aromatic heterocycles. The number of hydrogen-bond donors (Lipinski definition) is 3. The second-order valence-corrected chi connectivity index (χ2v) is 13.2. The monoisotopic (exact) mass is 632 g/mol. The van der Waals surface area contributed by atoms with Gasteiger partial charge in [-0.05, 0) is 61.7 Å². The van der Waals surface area contributed by atoms with Crippen molar-refractivity contribution in [2.75, 3.05) is 0 Å². The van der Waals surface area contributed by atoms with E-state index in [2.05, 4.69) is 85.3 Å². The highest BCUT2D eigenvalue weighted by Crippen LogP contribution is 2.51. The van der Waals surface area contributed by atoms with Crippen molar-refractivity contribution in [1.29, 1.82) is 0 Å². The number of nitrogens with zero attached hydrogens (tertiary/aromatic N) is 2. The summed E-state index contributed by atoms with van der Waals surface area (Å²) in [4.78, 5) is 5.01. The third-order valence-corrected chi connectivity index (χ3v) is 10.8. The number of phenolic OH excluding ortho intramolecular Hbond substituents is 3. The largest absolute Gasteiger partial charge is 0.505 e. The molecule has 10 heteroatoms. The summed E-state index contributed by atoms with van der Waals surface area (Å²) >= 11 is 0. The summed E-state index contributed by atoms with van der Waals surface area (Å²) in [5.74, 6) is -0.237. The first-order valence-corrected chi connectivity index (χ1v) is 16.8. The molecule has 0 saturated carbocycles. The van der Waals surface area contributed by atoms with Gasteiger partial charge in [-0.2, -0.15) is 0 Å². The fourth-order valence-corrected chi connectivity index (χ4v) is 8.02. The SMILES string of the molecule is Bc1c(B)c(B)c2c(-c3cccc4ccccc34)c3c(O)c(O)c(O)c(B)c3c(-c3ccccc3-n3c(CC)nc4ccccc43)c2c1B. The Kier molecular flexibility index (Phi) is 7.11. The third-order valence-electron chi connectivity index (χ3n) is 10.8.